The van der Waals surface area contributed by atoms with Crippen molar-refractivity contribution in [2.24, 2.45) is 5.73 Å². The summed E-state index contributed by atoms with van der Waals surface area (Å²) in [5, 5.41) is 0. The minimum absolute atomic E-state index is 0.284. The quantitative estimate of drug-likeness (QED) is 0.643. The second kappa shape index (κ2) is 9.00. The molecule has 0 bridgehead atoms. The minimum Gasteiger partial charge on any atom is -0.377 e. The Bertz CT molecular complexity index is 155. The van der Waals surface area contributed by atoms with E-state index in [-0.39, 0.29) is 6.04 Å². The van der Waals surface area contributed by atoms with Gasteiger partial charge < -0.3 is 10.5 Å². The molecule has 2 unspecified atom stereocenters. The number of hydrogen-bond donors (Lipinski definition) is 1. The number of hydrogen-bond acceptors (Lipinski definition) is 2. The van der Waals surface area contributed by atoms with Gasteiger partial charge in [0.2, 0.25) is 0 Å². The highest BCUT2D eigenvalue weighted by Gasteiger charge is 2.20. The first kappa shape index (κ1) is 14.0. The van der Waals surface area contributed by atoms with Crippen LogP contribution in [0.15, 0.2) is 0 Å². The van der Waals surface area contributed by atoms with E-state index in [0.29, 0.717) is 6.10 Å². The lowest BCUT2D eigenvalue weighted by molar-refractivity contribution is -0.00145. The maximum Gasteiger partial charge on any atom is 0.0725 e. The van der Waals surface area contributed by atoms with Gasteiger partial charge in [0.1, 0.15) is 0 Å². The molecule has 16 heavy (non-hydrogen) atoms. The van der Waals surface area contributed by atoms with Crippen molar-refractivity contribution in [3.63, 3.8) is 0 Å². The van der Waals surface area contributed by atoms with Crippen molar-refractivity contribution in [1.29, 1.82) is 0 Å². The molecule has 0 radical (unpaired) electrons. The molecule has 96 valence electrons. The molecule has 1 fully saturated rings. The van der Waals surface area contributed by atoms with Crippen molar-refractivity contribution >= 4 is 0 Å². The number of rotatable bonds is 8. The summed E-state index contributed by atoms with van der Waals surface area (Å²) in [4.78, 5) is 0. The first-order valence-electron chi connectivity index (χ1n) is 7.21. The molecule has 2 N–H and O–H groups in total. The molecule has 0 aromatic rings. The van der Waals surface area contributed by atoms with Crippen molar-refractivity contribution in [3.8, 4) is 0 Å². The van der Waals surface area contributed by atoms with E-state index < -0.39 is 0 Å². The van der Waals surface area contributed by atoms with Gasteiger partial charge in [-0.3, -0.25) is 0 Å². The van der Waals surface area contributed by atoms with Gasteiger partial charge in [-0.25, -0.2) is 0 Å². The SMILES string of the molecule is CCCCCCCCC(N)C1CCCCO1. The second-order valence-corrected chi connectivity index (χ2v) is 5.13. The van der Waals surface area contributed by atoms with Crippen LogP contribution < -0.4 is 5.73 Å². The first-order valence-corrected chi connectivity index (χ1v) is 7.21. The van der Waals surface area contributed by atoms with Gasteiger partial charge in [-0.15, -0.1) is 0 Å². The Kier molecular flexibility index (Phi) is 7.87. The monoisotopic (exact) mass is 227 g/mol. The van der Waals surface area contributed by atoms with E-state index in [1.165, 1.54) is 57.8 Å². The maximum atomic E-state index is 6.16. The summed E-state index contributed by atoms with van der Waals surface area (Å²) in [6.45, 7) is 3.19. The zero-order valence-electron chi connectivity index (χ0n) is 10.9. The molecule has 2 heteroatoms. The lowest BCUT2D eigenvalue weighted by atomic mass is 9.97. The number of nitrogens with two attached hydrogens (primary N) is 1. The van der Waals surface area contributed by atoms with Crippen molar-refractivity contribution in [3.05, 3.63) is 0 Å². The van der Waals surface area contributed by atoms with Crippen LogP contribution in [0.1, 0.15) is 71.1 Å². The zero-order chi connectivity index (χ0) is 11.6. The van der Waals surface area contributed by atoms with Crippen LogP contribution in [0.5, 0.6) is 0 Å². The molecule has 1 aliphatic heterocycles. The molecule has 0 amide bonds. The Morgan fingerprint density at radius 1 is 1.12 bits per heavy atom. The highest BCUT2D eigenvalue weighted by Crippen LogP contribution is 2.18. The van der Waals surface area contributed by atoms with Crippen molar-refractivity contribution < 1.29 is 4.74 Å². The fourth-order valence-corrected chi connectivity index (χ4v) is 2.45. The van der Waals surface area contributed by atoms with Gasteiger partial charge in [0.15, 0.2) is 0 Å². The van der Waals surface area contributed by atoms with E-state index in [0.717, 1.165) is 13.0 Å². The molecule has 1 rings (SSSR count). The summed E-state index contributed by atoms with van der Waals surface area (Å²) in [7, 11) is 0. The van der Waals surface area contributed by atoms with E-state index in [9.17, 15) is 0 Å². The van der Waals surface area contributed by atoms with Crippen LogP contribution >= 0.6 is 0 Å². The third kappa shape index (κ3) is 5.86. The van der Waals surface area contributed by atoms with Crippen molar-refractivity contribution in [2.75, 3.05) is 6.61 Å². The van der Waals surface area contributed by atoms with Crippen molar-refractivity contribution in [2.45, 2.75) is 83.3 Å². The zero-order valence-corrected chi connectivity index (χ0v) is 10.9. The Balaban J connectivity index is 1.94. The smallest absolute Gasteiger partial charge is 0.0725 e. The van der Waals surface area contributed by atoms with E-state index in [1.54, 1.807) is 0 Å². The highest BCUT2D eigenvalue weighted by molar-refractivity contribution is 4.76. The summed E-state index contributed by atoms with van der Waals surface area (Å²) in [6, 6.07) is 0.284. The summed E-state index contributed by atoms with van der Waals surface area (Å²) in [5.74, 6) is 0. The fraction of sp³-hybridized carbons (Fsp3) is 1.00. The Morgan fingerprint density at radius 3 is 2.56 bits per heavy atom. The molecular weight excluding hydrogens is 198 g/mol. The van der Waals surface area contributed by atoms with Gasteiger partial charge in [0.05, 0.1) is 6.10 Å². The van der Waals surface area contributed by atoms with Crippen LogP contribution in [-0.2, 0) is 4.74 Å². The van der Waals surface area contributed by atoms with Gasteiger partial charge in [-0.2, -0.15) is 0 Å². The van der Waals surface area contributed by atoms with E-state index >= 15 is 0 Å². The molecule has 2 nitrogen and oxygen atoms in total. The summed E-state index contributed by atoms with van der Waals surface area (Å²) < 4.78 is 5.71. The number of unbranched alkanes of at least 4 members (excludes halogenated alkanes) is 5. The molecule has 0 aliphatic carbocycles. The maximum absolute atomic E-state index is 6.16. The Morgan fingerprint density at radius 2 is 1.88 bits per heavy atom. The third-order valence-corrected chi connectivity index (χ3v) is 3.58. The van der Waals surface area contributed by atoms with Gasteiger partial charge >= 0.3 is 0 Å². The average Bonchev–Trinajstić information content (AvgIpc) is 2.34. The first-order chi connectivity index (χ1) is 7.84. The molecular formula is C14H29NO. The van der Waals surface area contributed by atoms with Crippen LogP contribution in [0.4, 0.5) is 0 Å². The number of ether oxygens (including phenoxy) is 1. The lowest BCUT2D eigenvalue weighted by Gasteiger charge is -2.27. The Hall–Kier alpha value is -0.0800. The van der Waals surface area contributed by atoms with Crippen LogP contribution in [0.2, 0.25) is 0 Å². The summed E-state index contributed by atoms with van der Waals surface area (Å²) >= 11 is 0. The second-order valence-electron chi connectivity index (χ2n) is 5.13. The van der Waals surface area contributed by atoms with Crippen LogP contribution in [0, 0.1) is 0 Å². The molecule has 2 atom stereocenters. The van der Waals surface area contributed by atoms with Gasteiger partial charge in [0.25, 0.3) is 0 Å². The summed E-state index contributed by atoms with van der Waals surface area (Å²) in [5.41, 5.74) is 6.16. The average molecular weight is 227 g/mol. The van der Waals surface area contributed by atoms with E-state index in [2.05, 4.69) is 6.92 Å². The lowest BCUT2D eigenvalue weighted by Crippen LogP contribution is -2.38. The normalized spacial score (nSPS) is 23.2. The topological polar surface area (TPSA) is 35.2 Å². The molecule has 0 spiro atoms. The minimum atomic E-state index is 0.284. The molecule has 1 aliphatic rings. The van der Waals surface area contributed by atoms with Crippen molar-refractivity contribution in [1.82, 2.24) is 0 Å². The fourth-order valence-electron chi connectivity index (χ4n) is 2.45. The van der Waals surface area contributed by atoms with E-state index in [1.807, 2.05) is 0 Å². The molecule has 1 saturated heterocycles. The van der Waals surface area contributed by atoms with Gasteiger partial charge in [-0.1, -0.05) is 45.4 Å². The molecule has 0 aromatic heterocycles. The standard InChI is InChI=1S/C14H29NO/c1-2-3-4-5-6-7-10-13(15)14-11-8-9-12-16-14/h13-14H,2-12,15H2,1H3. The molecule has 0 saturated carbocycles. The summed E-state index contributed by atoms with van der Waals surface area (Å²) in [6.07, 6.45) is 13.3. The van der Waals surface area contributed by atoms with E-state index in [4.69, 9.17) is 10.5 Å². The van der Waals surface area contributed by atoms with Gasteiger partial charge in [-0.05, 0) is 25.7 Å². The predicted molar refractivity (Wildman–Crippen MR) is 69.6 cm³/mol. The Labute approximate surface area is 101 Å². The molecule has 0 aromatic carbocycles. The highest BCUT2D eigenvalue weighted by atomic mass is 16.5. The predicted octanol–water partition coefficient (Wildman–Crippen LogP) is 3.63. The van der Waals surface area contributed by atoms with Crippen LogP contribution in [0.3, 0.4) is 0 Å². The van der Waals surface area contributed by atoms with Gasteiger partial charge in [0, 0.05) is 12.6 Å². The molecule has 1 heterocycles. The third-order valence-electron chi connectivity index (χ3n) is 3.58. The van der Waals surface area contributed by atoms with Crippen LogP contribution in [-0.4, -0.2) is 18.8 Å². The largest absolute Gasteiger partial charge is 0.377 e. The van der Waals surface area contributed by atoms with Crippen LogP contribution in [0.25, 0.3) is 0 Å².